The van der Waals surface area contributed by atoms with Crippen LogP contribution in [0.15, 0.2) is 24.3 Å². The summed E-state index contributed by atoms with van der Waals surface area (Å²) in [5, 5.41) is 0. The Kier molecular flexibility index (Phi) is 4.22. The van der Waals surface area contributed by atoms with Gasteiger partial charge in [-0.2, -0.15) is 0 Å². The van der Waals surface area contributed by atoms with Crippen LogP contribution in [0.2, 0.25) is 0 Å². The number of hydrogen-bond donors (Lipinski definition) is 1. The van der Waals surface area contributed by atoms with Gasteiger partial charge in [0.1, 0.15) is 6.10 Å². The first-order chi connectivity index (χ1) is 9.00. The van der Waals surface area contributed by atoms with Crippen LogP contribution >= 0.6 is 0 Å². The Bertz CT molecular complexity index is 459. The lowest BCUT2D eigenvalue weighted by atomic mass is 10.0. The van der Waals surface area contributed by atoms with Crippen LogP contribution in [0.5, 0.6) is 0 Å². The molecule has 0 aromatic heterocycles. The van der Waals surface area contributed by atoms with E-state index in [0.29, 0.717) is 13.2 Å². The van der Waals surface area contributed by atoms with Gasteiger partial charge in [-0.05, 0) is 31.9 Å². The molecule has 0 unspecified atom stereocenters. The summed E-state index contributed by atoms with van der Waals surface area (Å²) in [5.41, 5.74) is 8.05. The van der Waals surface area contributed by atoms with Gasteiger partial charge in [-0.3, -0.25) is 4.79 Å². The van der Waals surface area contributed by atoms with Gasteiger partial charge in [0.15, 0.2) is 0 Å². The van der Waals surface area contributed by atoms with E-state index in [1.807, 2.05) is 24.0 Å². The normalized spacial score (nSPS) is 25.2. The lowest BCUT2D eigenvalue weighted by Gasteiger charge is -2.39. The first-order valence-corrected chi connectivity index (χ1v) is 6.74. The van der Waals surface area contributed by atoms with Crippen molar-refractivity contribution in [2.24, 2.45) is 5.73 Å². The summed E-state index contributed by atoms with van der Waals surface area (Å²) in [6, 6.07) is 7.76. The quantitative estimate of drug-likeness (QED) is 0.881. The van der Waals surface area contributed by atoms with E-state index in [1.54, 1.807) is 6.92 Å². The molecule has 1 aliphatic rings. The van der Waals surface area contributed by atoms with E-state index in [4.69, 9.17) is 10.5 Å². The second-order valence-corrected chi connectivity index (χ2v) is 5.31. The summed E-state index contributed by atoms with van der Waals surface area (Å²) >= 11 is 0. The van der Waals surface area contributed by atoms with E-state index < -0.39 is 6.04 Å². The Morgan fingerprint density at radius 1 is 1.47 bits per heavy atom. The summed E-state index contributed by atoms with van der Waals surface area (Å²) in [7, 11) is 0. The van der Waals surface area contributed by atoms with Crippen LogP contribution in [0.25, 0.3) is 0 Å². The molecule has 0 aliphatic carbocycles. The molecule has 1 fully saturated rings. The zero-order valence-electron chi connectivity index (χ0n) is 11.8. The number of amides is 1. The van der Waals surface area contributed by atoms with Crippen molar-refractivity contribution in [1.29, 1.82) is 0 Å². The van der Waals surface area contributed by atoms with E-state index in [-0.39, 0.29) is 18.1 Å². The Labute approximate surface area is 114 Å². The Balaban J connectivity index is 2.18. The number of hydrogen-bond acceptors (Lipinski definition) is 3. The smallest absolute Gasteiger partial charge is 0.239 e. The van der Waals surface area contributed by atoms with Crippen molar-refractivity contribution in [2.45, 2.75) is 39.0 Å². The molecule has 1 aromatic rings. The molecule has 1 saturated heterocycles. The van der Waals surface area contributed by atoms with Gasteiger partial charge >= 0.3 is 0 Å². The molecule has 1 aromatic carbocycles. The molecule has 0 bridgehead atoms. The van der Waals surface area contributed by atoms with Crippen molar-refractivity contribution in [3.05, 3.63) is 35.4 Å². The van der Waals surface area contributed by atoms with Crippen molar-refractivity contribution in [3.63, 3.8) is 0 Å². The molecule has 2 N–H and O–H groups in total. The molecular weight excluding hydrogens is 240 g/mol. The van der Waals surface area contributed by atoms with Crippen LogP contribution in [0.3, 0.4) is 0 Å². The van der Waals surface area contributed by atoms with E-state index in [9.17, 15) is 4.79 Å². The van der Waals surface area contributed by atoms with E-state index in [2.05, 4.69) is 19.1 Å². The highest BCUT2D eigenvalue weighted by atomic mass is 16.5. The molecule has 19 heavy (non-hydrogen) atoms. The molecule has 1 aliphatic heterocycles. The van der Waals surface area contributed by atoms with Crippen LogP contribution in [-0.2, 0) is 9.53 Å². The average molecular weight is 262 g/mol. The van der Waals surface area contributed by atoms with Crippen LogP contribution in [0.4, 0.5) is 0 Å². The van der Waals surface area contributed by atoms with Crippen LogP contribution in [0, 0.1) is 6.92 Å². The molecule has 104 valence electrons. The standard InChI is InChI=1S/C15H22N2O2/c1-10-6-4-5-7-13(10)14-8-17(11(2)9-19-14)15(18)12(3)16/h4-7,11-12,14H,8-9,16H2,1-3H3/t11-,12-,14+/m1/s1. The first-order valence-electron chi connectivity index (χ1n) is 6.74. The number of carbonyl (C=O) groups excluding carboxylic acids is 1. The maximum Gasteiger partial charge on any atom is 0.239 e. The predicted molar refractivity (Wildman–Crippen MR) is 74.7 cm³/mol. The topological polar surface area (TPSA) is 55.6 Å². The minimum absolute atomic E-state index is 0.00520. The van der Waals surface area contributed by atoms with E-state index in [1.165, 1.54) is 5.56 Å². The maximum absolute atomic E-state index is 12.1. The summed E-state index contributed by atoms with van der Waals surface area (Å²) < 4.78 is 5.88. The number of carbonyl (C=O) groups is 1. The lowest BCUT2D eigenvalue weighted by molar-refractivity contribution is -0.145. The third kappa shape index (κ3) is 2.96. The van der Waals surface area contributed by atoms with Crippen molar-refractivity contribution >= 4 is 5.91 Å². The molecule has 1 amide bonds. The highest BCUT2D eigenvalue weighted by Gasteiger charge is 2.32. The van der Waals surface area contributed by atoms with Gasteiger partial charge in [0, 0.05) is 0 Å². The third-order valence-electron chi connectivity index (χ3n) is 3.64. The minimum Gasteiger partial charge on any atom is -0.370 e. The van der Waals surface area contributed by atoms with E-state index >= 15 is 0 Å². The van der Waals surface area contributed by atoms with Gasteiger partial charge in [-0.15, -0.1) is 0 Å². The van der Waals surface area contributed by atoms with Gasteiger partial charge in [0.25, 0.3) is 0 Å². The van der Waals surface area contributed by atoms with Crippen molar-refractivity contribution in [2.75, 3.05) is 13.2 Å². The highest BCUT2D eigenvalue weighted by Crippen LogP contribution is 2.27. The SMILES string of the molecule is Cc1ccccc1[C@@H]1CN(C(=O)[C@@H](C)N)[C@H](C)CO1. The summed E-state index contributed by atoms with van der Waals surface area (Å²) in [5.74, 6) is -0.00520. The number of aryl methyl sites for hydroxylation is 1. The molecule has 0 saturated carbocycles. The fourth-order valence-corrected chi connectivity index (χ4v) is 2.46. The molecule has 4 heteroatoms. The van der Waals surface area contributed by atoms with Crippen molar-refractivity contribution in [3.8, 4) is 0 Å². The predicted octanol–water partition coefficient (Wildman–Crippen LogP) is 1.63. The zero-order chi connectivity index (χ0) is 14.0. The third-order valence-corrected chi connectivity index (χ3v) is 3.64. The van der Waals surface area contributed by atoms with Gasteiger partial charge in [-0.1, -0.05) is 24.3 Å². The molecule has 0 spiro atoms. The fraction of sp³-hybridized carbons (Fsp3) is 0.533. The second kappa shape index (κ2) is 5.72. The molecule has 0 radical (unpaired) electrons. The average Bonchev–Trinajstić information content (AvgIpc) is 2.39. The van der Waals surface area contributed by atoms with Crippen molar-refractivity contribution in [1.82, 2.24) is 4.90 Å². The Hall–Kier alpha value is -1.39. The van der Waals surface area contributed by atoms with Crippen LogP contribution < -0.4 is 5.73 Å². The van der Waals surface area contributed by atoms with Gasteiger partial charge in [0.2, 0.25) is 5.91 Å². The summed E-state index contributed by atoms with van der Waals surface area (Å²) in [4.78, 5) is 14.0. The highest BCUT2D eigenvalue weighted by molar-refractivity contribution is 5.81. The number of ether oxygens (including phenoxy) is 1. The maximum atomic E-state index is 12.1. The summed E-state index contributed by atoms with van der Waals surface area (Å²) in [6.07, 6.45) is -0.0555. The van der Waals surface area contributed by atoms with E-state index in [0.717, 1.165) is 5.56 Å². The van der Waals surface area contributed by atoms with Gasteiger partial charge in [-0.25, -0.2) is 0 Å². The monoisotopic (exact) mass is 262 g/mol. The molecule has 1 heterocycles. The number of nitrogens with zero attached hydrogens (tertiary/aromatic N) is 1. The molecule has 3 atom stereocenters. The van der Waals surface area contributed by atoms with Gasteiger partial charge in [0.05, 0.1) is 25.2 Å². The Morgan fingerprint density at radius 3 is 2.79 bits per heavy atom. The van der Waals surface area contributed by atoms with Gasteiger partial charge < -0.3 is 15.4 Å². The second-order valence-electron chi connectivity index (χ2n) is 5.31. The van der Waals surface area contributed by atoms with Crippen LogP contribution in [0.1, 0.15) is 31.1 Å². The number of morpholine rings is 1. The molecular formula is C15H22N2O2. The minimum atomic E-state index is -0.460. The lowest BCUT2D eigenvalue weighted by Crippen LogP contribution is -2.52. The van der Waals surface area contributed by atoms with Crippen LogP contribution in [-0.4, -0.2) is 36.0 Å². The number of nitrogens with two attached hydrogens (primary N) is 1. The Morgan fingerprint density at radius 2 is 2.16 bits per heavy atom. The molecule has 2 rings (SSSR count). The first kappa shape index (κ1) is 14.0. The summed E-state index contributed by atoms with van der Waals surface area (Å²) in [6.45, 7) is 6.92. The molecule has 4 nitrogen and oxygen atoms in total. The number of rotatable bonds is 2. The largest absolute Gasteiger partial charge is 0.370 e. The zero-order valence-corrected chi connectivity index (χ0v) is 11.8. The number of benzene rings is 1. The fourth-order valence-electron chi connectivity index (χ4n) is 2.46. The van der Waals surface area contributed by atoms with Crippen molar-refractivity contribution < 1.29 is 9.53 Å².